The lowest BCUT2D eigenvalue weighted by Gasteiger charge is -2.29. The number of aryl methyl sites for hydroxylation is 2. The summed E-state index contributed by atoms with van der Waals surface area (Å²) in [6, 6.07) is 1.81. The Kier molecular flexibility index (Phi) is 3.71. The standard InChI is InChI=1S/C13H20F2N2O/c1-9-6-11(16-17(9)2)12(18)7-10-4-3-5-13(14,15)8-10/h6,10,12,18H,3-5,7-8H2,1-2H3. The van der Waals surface area contributed by atoms with Crippen LogP contribution in [0.3, 0.4) is 0 Å². The molecule has 2 atom stereocenters. The van der Waals surface area contributed by atoms with Gasteiger partial charge in [-0.15, -0.1) is 0 Å². The van der Waals surface area contributed by atoms with E-state index < -0.39 is 12.0 Å². The quantitative estimate of drug-likeness (QED) is 0.905. The maximum absolute atomic E-state index is 13.3. The second kappa shape index (κ2) is 4.96. The molecule has 3 nitrogen and oxygen atoms in total. The predicted octanol–water partition coefficient (Wildman–Crippen LogP) is 2.98. The third kappa shape index (κ3) is 3.07. The molecule has 1 heterocycles. The molecule has 1 aliphatic rings. The van der Waals surface area contributed by atoms with Crippen LogP contribution in [0.2, 0.25) is 0 Å². The number of aliphatic hydroxyl groups is 1. The van der Waals surface area contributed by atoms with E-state index >= 15 is 0 Å². The van der Waals surface area contributed by atoms with E-state index in [1.807, 2.05) is 13.0 Å². The molecule has 0 aliphatic heterocycles. The maximum Gasteiger partial charge on any atom is 0.248 e. The summed E-state index contributed by atoms with van der Waals surface area (Å²) in [6.07, 6.45) is 0.859. The molecule has 1 aliphatic carbocycles. The van der Waals surface area contributed by atoms with Gasteiger partial charge in [-0.2, -0.15) is 5.10 Å². The highest BCUT2D eigenvalue weighted by Gasteiger charge is 2.37. The van der Waals surface area contributed by atoms with Crippen molar-refractivity contribution in [1.29, 1.82) is 0 Å². The van der Waals surface area contributed by atoms with Crippen molar-refractivity contribution in [3.8, 4) is 0 Å². The second-order valence-corrected chi connectivity index (χ2v) is 5.40. The van der Waals surface area contributed by atoms with Crippen molar-refractivity contribution in [2.75, 3.05) is 0 Å². The lowest BCUT2D eigenvalue weighted by atomic mass is 9.83. The van der Waals surface area contributed by atoms with E-state index in [1.165, 1.54) is 0 Å². The van der Waals surface area contributed by atoms with Crippen molar-refractivity contribution in [2.45, 2.75) is 51.1 Å². The summed E-state index contributed by atoms with van der Waals surface area (Å²) in [5.74, 6) is -2.66. The van der Waals surface area contributed by atoms with Gasteiger partial charge in [-0.3, -0.25) is 4.68 Å². The number of halogens is 2. The molecule has 2 unspecified atom stereocenters. The van der Waals surface area contributed by atoms with Gasteiger partial charge < -0.3 is 5.11 Å². The highest BCUT2D eigenvalue weighted by molar-refractivity contribution is 5.11. The molecule has 0 amide bonds. The van der Waals surface area contributed by atoms with E-state index in [4.69, 9.17) is 0 Å². The summed E-state index contributed by atoms with van der Waals surface area (Å²) < 4.78 is 28.2. The molecule has 1 aromatic heterocycles. The zero-order chi connectivity index (χ0) is 13.3. The van der Waals surface area contributed by atoms with E-state index in [1.54, 1.807) is 11.7 Å². The van der Waals surface area contributed by atoms with Crippen LogP contribution in [0.1, 0.15) is 49.6 Å². The van der Waals surface area contributed by atoms with Crippen LogP contribution >= 0.6 is 0 Å². The van der Waals surface area contributed by atoms with Crippen LogP contribution < -0.4 is 0 Å². The van der Waals surface area contributed by atoms with Gasteiger partial charge in [0.25, 0.3) is 0 Å². The number of alkyl halides is 2. The number of aromatic nitrogens is 2. The first-order chi connectivity index (χ1) is 8.37. The molecule has 0 spiro atoms. The first kappa shape index (κ1) is 13.5. The molecule has 0 bridgehead atoms. The van der Waals surface area contributed by atoms with Crippen molar-refractivity contribution in [1.82, 2.24) is 9.78 Å². The van der Waals surface area contributed by atoms with Crippen molar-refractivity contribution in [2.24, 2.45) is 13.0 Å². The van der Waals surface area contributed by atoms with Crippen LogP contribution in [0, 0.1) is 12.8 Å². The number of aliphatic hydroxyl groups excluding tert-OH is 1. The van der Waals surface area contributed by atoms with Gasteiger partial charge in [0.05, 0.1) is 11.8 Å². The molecule has 2 rings (SSSR count). The van der Waals surface area contributed by atoms with Crippen LogP contribution in [-0.2, 0) is 7.05 Å². The van der Waals surface area contributed by atoms with Crippen molar-refractivity contribution >= 4 is 0 Å². The van der Waals surface area contributed by atoms with Crippen molar-refractivity contribution in [3.05, 3.63) is 17.5 Å². The van der Waals surface area contributed by atoms with Gasteiger partial charge in [0.1, 0.15) is 0 Å². The minimum absolute atomic E-state index is 0.0116. The molecule has 1 aromatic rings. The fourth-order valence-electron chi connectivity index (χ4n) is 2.66. The Bertz CT molecular complexity index is 398. The average Bonchev–Trinajstić information content (AvgIpc) is 2.58. The van der Waals surface area contributed by atoms with Gasteiger partial charge in [-0.05, 0) is 38.2 Å². The molecular formula is C13H20F2N2O. The topological polar surface area (TPSA) is 38.1 Å². The van der Waals surface area contributed by atoms with Crippen LogP contribution in [0.4, 0.5) is 8.78 Å². The molecule has 0 aromatic carbocycles. The zero-order valence-corrected chi connectivity index (χ0v) is 10.9. The lowest BCUT2D eigenvalue weighted by Crippen LogP contribution is -2.27. The smallest absolute Gasteiger partial charge is 0.248 e. The molecule has 1 fully saturated rings. The molecule has 0 saturated heterocycles. The van der Waals surface area contributed by atoms with Crippen LogP contribution in [0.25, 0.3) is 0 Å². The first-order valence-electron chi connectivity index (χ1n) is 6.44. The van der Waals surface area contributed by atoms with Gasteiger partial charge in [0.2, 0.25) is 5.92 Å². The Morgan fingerprint density at radius 1 is 1.61 bits per heavy atom. The highest BCUT2D eigenvalue weighted by atomic mass is 19.3. The Morgan fingerprint density at radius 3 is 2.89 bits per heavy atom. The average molecular weight is 258 g/mol. The molecule has 1 saturated carbocycles. The summed E-state index contributed by atoms with van der Waals surface area (Å²) in [4.78, 5) is 0. The zero-order valence-electron chi connectivity index (χ0n) is 10.9. The summed E-state index contributed by atoms with van der Waals surface area (Å²) in [5.41, 5.74) is 1.54. The Labute approximate surface area is 106 Å². The van der Waals surface area contributed by atoms with Gasteiger partial charge in [0, 0.05) is 25.6 Å². The van der Waals surface area contributed by atoms with E-state index in [0.29, 0.717) is 18.5 Å². The van der Waals surface area contributed by atoms with Crippen molar-refractivity contribution in [3.63, 3.8) is 0 Å². The van der Waals surface area contributed by atoms with Crippen LogP contribution in [0.5, 0.6) is 0 Å². The molecule has 18 heavy (non-hydrogen) atoms. The molecule has 5 heteroatoms. The third-order valence-corrected chi connectivity index (χ3v) is 3.77. The highest BCUT2D eigenvalue weighted by Crippen LogP contribution is 2.40. The first-order valence-corrected chi connectivity index (χ1v) is 6.44. The number of hydrogen-bond donors (Lipinski definition) is 1. The summed E-state index contributed by atoms with van der Waals surface area (Å²) in [7, 11) is 1.81. The van der Waals surface area contributed by atoms with Gasteiger partial charge in [0.15, 0.2) is 0 Å². The monoisotopic (exact) mass is 258 g/mol. The fourth-order valence-corrected chi connectivity index (χ4v) is 2.66. The van der Waals surface area contributed by atoms with E-state index in [0.717, 1.165) is 12.1 Å². The van der Waals surface area contributed by atoms with Crippen molar-refractivity contribution < 1.29 is 13.9 Å². The molecule has 1 N–H and O–H groups in total. The summed E-state index contributed by atoms with van der Waals surface area (Å²) in [6.45, 7) is 1.90. The maximum atomic E-state index is 13.3. The molecule has 0 radical (unpaired) electrons. The second-order valence-electron chi connectivity index (χ2n) is 5.40. The van der Waals surface area contributed by atoms with Crippen LogP contribution in [0.15, 0.2) is 6.07 Å². The Balaban J connectivity index is 1.96. The minimum Gasteiger partial charge on any atom is -0.387 e. The third-order valence-electron chi connectivity index (χ3n) is 3.77. The Morgan fingerprint density at radius 2 is 2.33 bits per heavy atom. The van der Waals surface area contributed by atoms with E-state index in [9.17, 15) is 13.9 Å². The van der Waals surface area contributed by atoms with Gasteiger partial charge >= 0.3 is 0 Å². The van der Waals surface area contributed by atoms with E-state index in [2.05, 4.69) is 5.10 Å². The molecular weight excluding hydrogens is 238 g/mol. The summed E-state index contributed by atoms with van der Waals surface area (Å²) >= 11 is 0. The fraction of sp³-hybridized carbons (Fsp3) is 0.769. The van der Waals surface area contributed by atoms with Gasteiger partial charge in [-0.1, -0.05) is 0 Å². The predicted molar refractivity (Wildman–Crippen MR) is 64.4 cm³/mol. The SMILES string of the molecule is Cc1cc(C(O)CC2CCCC(F)(F)C2)nn1C. The minimum atomic E-state index is -2.55. The number of nitrogens with zero attached hydrogens (tertiary/aromatic N) is 2. The largest absolute Gasteiger partial charge is 0.387 e. The Hall–Kier alpha value is -0.970. The summed E-state index contributed by atoms with van der Waals surface area (Å²) in [5, 5.41) is 14.3. The number of hydrogen-bond acceptors (Lipinski definition) is 2. The van der Waals surface area contributed by atoms with Crippen LogP contribution in [-0.4, -0.2) is 20.8 Å². The normalized spacial score (nSPS) is 25.1. The lowest BCUT2D eigenvalue weighted by molar-refractivity contribution is -0.0592. The van der Waals surface area contributed by atoms with Gasteiger partial charge in [-0.25, -0.2) is 8.78 Å². The molecule has 102 valence electrons. The van der Waals surface area contributed by atoms with E-state index in [-0.39, 0.29) is 18.8 Å². The number of rotatable bonds is 3.